The monoisotopic (exact) mass is 457 g/mol. The van der Waals surface area contributed by atoms with Crippen LogP contribution in [0, 0.1) is 6.92 Å². The molecule has 0 unspecified atom stereocenters. The van der Waals surface area contributed by atoms with Crippen molar-refractivity contribution >= 4 is 44.0 Å². The lowest BCUT2D eigenvalue weighted by Gasteiger charge is -2.21. The summed E-state index contributed by atoms with van der Waals surface area (Å²) in [5, 5.41) is 2.51. The molecule has 1 saturated carbocycles. The molecule has 1 aromatic heterocycles. The van der Waals surface area contributed by atoms with Gasteiger partial charge in [-0.3, -0.25) is 4.79 Å². The van der Waals surface area contributed by atoms with E-state index in [0.717, 1.165) is 43.4 Å². The Hall–Kier alpha value is -2.20. The van der Waals surface area contributed by atoms with E-state index in [1.807, 2.05) is 0 Å². The van der Waals surface area contributed by atoms with E-state index in [1.165, 1.54) is 6.08 Å². The maximum absolute atomic E-state index is 12.7. The van der Waals surface area contributed by atoms with Gasteiger partial charge in [-0.15, -0.1) is 17.9 Å². The van der Waals surface area contributed by atoms with Crippen LogP contribution in [0.4, 0.5) is 5.00 Å². The highest BCUT2D eigenvalue weighted by atomic mass is 32.2. The van der Waals surface area contributed by atoms with Gasteiger partial charge < -0.3 is 14.8 Å². The van der Waals surface area contributed by atoms with Crippen LogP contribution in [-0.2, 0) is 24.1 Å². The molecule has 8 nitrogen and oxygen atoms in total. The summed E-state index contributed by atoms with van der Waals surface area (Å²) in [7, 11) is -3.67. The lowest BCUT2D eigenvalue weighted by Crippen LogP contribution is -2.24. The molecular formula is C20H27NO7S2. The Bertz CT molecular complexity index is 912. The van der Waals surface area contributed by atoms with Crippen LogP contribution in [0.2, 0.25) is 0 Å². The first-order chi connectivity index (χ1) is 14.2. The van der Waals surface area contributed by atoms with Crippen molar-refractivity contribution in [3.05, 3.63) is 28.7 Å². The van der Waals surface area contributed by atoms with Crippen LogP contribution in [0.3, 0.4) is 0 Å². The molecule has 166 valence electrons. The van der Waals surface area contributed by atoms with Crippen molar-refractivity contribution in [1.82, 2.24) is 0 Å². The number of esters is 2. The van der Waals surface area contributed by atoms with Crippen molar-refractivity contribution in [3.8, 4) is 0 Å². The second-order valence-corrected chi connectivity index (χ2v) is 10.2. The van der Waals surface area contributed by atoms with Crippen LogP contribution in [-0.4, -0.2) is 50.5 Å². The van der Waals surface area contributed by atoms with E-state index in [4.69, 9.17) is 9.47 Å². The standard InChI is InChI=1S/C20H27NO7S2/c1-4-11-30(25,26)12-15(22)21-18-16(19(23)27-5-2)13(3)17(29-18)20(24)28-14-9-7-6-8-10-14/h4,14H,1,5-12H2,2-3H3,(H,21,22). The van der Waals surface area contributed by atoms with E-state index < -0.39 is 33.4 Å². The average Bonchev–Trinajstić information content (AvgIpc) is 2.98. The fourth-order valence-corrected chi connectivity index (χ4v) is 5.28. The maximum Gasteiger partial charge on any atom is 0.348 e. The molecule has 2 rings (SSSR count). The van der Waals surface area contributed by atoms with E-state index >= 15 is 0 Å². The number of anilines is 1. The molecule has 1 heterocycles. The third kappa shape index (κ3) is 6.40. The number of hydrogen-bond donors (Lipinski definition) is 1. The molecule has 0 radical (unpaired) electrons. The van der Waals surface area contributed by atoms with Gasteiger partial charge >= 0.3 is 11.9 Å². The number of ether oxygens (including phenoxy) is 2. The summed E-state index contributed by atoms with van der Waals surface area (Å²) in [6.07, 6.45) is 5.73. The number of carbonyl (C=O) groups is 3. The van der Waals surface area contributed by atoms with E-state index in [1.54, 1.807) is 13.8 Å². The molecule has 0 aliphatic heterocycles. The fraction of sp³-hybridized carbons (Fsp3) is 0.550. The SMILES string of the molecule is C=CCS(=O)(=O)CC(=O)Nc1sc(C(=O)OC2CCCCC2)c(C)c1C(=O)OCC. The third-order valence-corrected chi connectivity index (χ3v) is 7.25. The van der Waals surface area contributed by atoms with Crippen molar-refractivity contribution in [2.24, 2.45) is 0 Å². The summed E-state index contributed by atoms with van der Waals surface area (Å²) in [6, 6.07) is 0. The number of carbonyl (C=O) groups excluding carboxylic acids is 3. The lowest BCUT2D eigenvalue weighted by atomic mass is 9.98. The normalized spacial score (nSPS) is 14.7. The molecule has 10 heteroatoms. The first-order valence-electron chi connectivity index (χ1n) is 9.81. The fourth-order valence-electron chi connectivity index (χ4n) is 3.23. The largest absolute Gasteiger partial charge is 0.462 e. The third-order valence-electron chi connectivity index (χ3n) is 4.61. The minimum absolute atomic E-state index is 0.0342. The molecule has 1 amide bonds. The number of sulfone groups is 1. The van der Waals surface area contributed by atoms with Gasteiger partial charge in [-0.1, -0.05) is 12.5 Å². The molecule has 1 fully saturated rings. The molecule has 30 heavy (non-hydrogen) atoms. The summed E-state index contributed by atoms with van der Waals surface area (Å²) in [6.45, 7) is 6.67. The van der Waals surface area contributed by atoms with E-state index in [2.05, 4.69) is 11.9 Å². The Balaban J connectivity index is 2.27. The van der Waals surface area contributed by atoms with Crippen LogP contribution in [0.5, 0.6) is 0 Å². The van der Waals surface area contributed by atoms with E-state index in [0.29, 0.717) is 5.56 Å². The van der Waals surface area contributed by atoms with Crippen molar-refractivity contribution in [2.45, 2.75) is 52.1 Å². The minimum Gasteiger partial charge on any atom is -0.462 e. The van der Waals surface area contributed by atoms with Gasteiger partial charge in [0, 0.05) is 0 Å². The summed E-state index contributed by atoms with van der Waals surface area (Å²) in [5.41, 5.74) is 0.371. The zero-order valence-electron chi connectivity index (χ0n) is 17.2. The van der Waals surface area contributed by atoms with Crippen molar-refractivity contribution < 1.29 is 32.3 Å². The Morgan fingerprint density at radius 3 is 2.47 bits per heavy atom. The number of hydrogen-bond acceptors (Lipinski definition) is 8. The topological polar surface area (TPSA) is 116 Å². The zero-order valence-corrected chi connectivity index (χ0v) is 18.8. The van der Waals surface area contributed by atoms with Crippen LogP contribution < -0.4 is 5.32 Å². The molecular weight excluding hydrogens is 430 g/mol. The van der Waals surface area contributed by atoms with E-state index in [9.17, 15) is 22.8 Å². The van der Waals surface area contributed by atoms with Gasteiger partial charge in [-0.05, 0) is 45.1 Å². The van der Waals surface area contributed by atoms with Gasteiger partial charge in [-0.2, -0.15) is 0 Å². The quantitative estimate of drug-likeness (QED) is 0.447. The lowest BCUT2D eigenvalue weighted by molar-refractivity contribution is -0.113. The molecule has 0 bridgehead atoms. The second-order valence-electron chi connectivity index (χ2n) is 7.04. The number of thiophene rings is 1. The molecule has 1 N–H and O–H groups in total. The summed E-state index contributed by atoms with van der Waals surface area (Å²) in [5.74, 6) is -3.17. The Kier molecular flexibility index (Phi) is 8.60. The van der Waals surface area contributed by atoms with Crippen LogP contribution in [0.25, 0.3) is 0 Å². The Morgan fingerprint density at radius 1 is 1.20 bits per heavy atom. The van der Waals surface area contributed by atoms with Crippen LogP contribution in [0.1, 0.15) is 64.6 Å². The molecule has 1 aliphatic rings. The highest BCUT2D eigenvalue weighted by Crippen LogP contribution is 2.35. The highest BCUT2D eigenvalue weighted by molar-refractivity contribution is 7.92. The summed E-state index contributed by atoms with van der Waals surface area (Å²) >= 11 is 0.882. The second kappa shape index (κ2) is 10.7. The van der Waals surface area contributed by atoms with Gasteiger partial charge in [0.25, 0.3) is 0 Å². The maximum atomic E-state index is 12.7. The summed E-state index contributed by atoms with van der Waals surface area (Å²) < 4.78 is 34.3. The summed E-state index contributed by atoms with van der Waals surface area (Å²) in [4.78, 5) is 37.6. The number of amides is 1. The van der Waals surface area contributed by atoms with Crippen molar-refractivity contribution in [1.29, 1.82) is 0 Å². The van der Waals surface area contributed by atoms with Crippen LogP contribution in [0.15, 0.2) is 12.7 Å². The van der Waals surface area contributed by atoms with Gasteiger partial charge in [-0.25, -0.2) is 18.0 Å². The van der Waals surface area contributed by atoms with Gasteiger partial charge in [0.1, 0.15) is 21.7 Å². The molecule has 0 aromatic carbocycles. The molecule has 0 spiro atoms. The highest BCUT2D eigenvalue weighted by Gasteiger charge is 2.29. The smallest absolute Gasteiger partial charge is 0.348 e. The van der Waals surface area contributed by atoms with E-state index in [-0.39, 0.29) is 33.9 Å². The molecule has 1 aliphatic carbocycles. The number of rotatable bonds is 9. The zero-order chi connectivity index (χ0) is 22.3. The molecule has 1 aromatic rings. The Labute approximate surface area is 180 Å². The number of nitrogens with one attached hydrogen (secondary N) is 1. The van der Waals surface area contributed by atoms with Crippen molar-refractivity contribution in [2.75, 3.05) is 23.4 Å². The van der Waals surface area contributed by atoms with Crippen LogP contribution >= 0.6 is 11.3 Å². The molecule has 0 saturated heterocycles. The minimum atomic E-state index is -3.67. The van der Waals surface area contributed by atoms with Crippen molar-refractivity contribution in [3.63, 3.8) is 0 Å². The van der Waals surface area contributed by atoms with Gasteiger partial charge in [0.2, 0.25) is 5.91 Å². The predicted octanol–water partition coefficient (Wildman–Crippen LogP) is 3.26. The predicted molar refractivity (Wildman–Crippen MR) is 115 cm³/mol. The Morgan fingerprint density at radius 2 is 1.87 bits per heavy atom. The van der Waals surface area contributed by atoms with Gasteiger partial charge in [0.05, 0.1) is 17.9 Å². The average molecular weight is 458 g/mol. The van der Waals surface area contributed by atoms with Gasteiger partial charge in [0.15, 0.2) is 9.84 Å². The first kappa shape index (κ1) is 24.1. The molecule has 0 atom stereocenters. The first-order valence-corrected chi connectivity index (χ1v) is 12.4.